The third-order valence-electron chi connectivity index (χ3n) is 2.51. The monoisotopic (exact) mass is 273 g/mol. The molecule has 100 valence electrons. The molecule has 0 aliphatic rings. The molecule has 0 amide bonds. The fourth-order valence-corrected chi connectivity index (χ4v) is 1.71. The van der Waals surface area contributed by atoms with Crippen LogP contribution in [0.2, 0.25) is 0 Å². The van der Waals surface area contributed by atoms with E-state index in [0.717, 1.165) is 6.07 Å². The molecule has 0 spiro atoms. The van der Waals surface area contributed by atoms with Gasteiger partial charge in [-0.3, -0.25) is 10.1 Å². The average molecular weight is 273 g/mol. The van der Waals surface area contributed by atoms with Gasteiger partial charge in [0.25, 0.3) is 11.5 Å². The third kappa shape index (κ3) is 2.44. The predicted octanol–water partition coefficient (Wildman–Crippen LogP) is 0.804. The van der Waals surface area contributed by atoms with Gasteiger partial charge in [0.15, 0.2) is 0 Å². The Kier molecular flexibility index (Phi) is 3.39. The Bertz CT molecular complexity index is 731. The van der Waals surface area contributed by atoms with E-state index in [4.69, 9.17) is 10.4 Å². The van der Waals surface area contributed by atoms with Crippen molar-refractivity contribution in [2.45, 2.75) is 6.54 Å². The van der Waals surface area contributed by atoms with Crippen molar-refractivity contribution in [3.8, 4) is 6.07 Å². The molecule has 0 unspecified atom stereocenters. The Morgan fingerprint density at radius 1 is 1.55 bits per heavy atom. The van der Waals surface area contributed by atoms with Gasteiger partial charge in [-0.15, -0.1) is 5.10 Å². The molecule has 1 aromatic heterocycles. The van der Waals surface area contributed by atoms with Crippen LogP contribution >= 0.6 is 0 Å². The van der Waals surface area contributed by atoms with Gasteiger partial charge in [0.2, 0.25) is 0 Å². The van der Waals surface area contributed by atoms with Crippen LogP contribution in [0.3, 0.4) is 0 Å². The molecule has 0 aliphatic carbocycles. The molecular weight excluding hydrogens is 266 g/mol. The summed E-state index contributed by atoms with van der Waals surface area (Å²) < 4.78 is 1.24. The highest BCUT2D eigenvalue weighted by Crippen LogP contribution is 2.23. The van der Waals surface area contributed by atoms with E-state index in [2.05, 4.69) is 10.1 Å². The molecule has 0 saturated carbocycles. The first-order valence-corrected chi connectivity index (χ1v) is 5.32. The van der Waals surface area contributed by atoms with Gasteiger partial charge in [-0.05, 0) is 5.56 Å². The summed E-state index contributed by atoms with van der Waals surface area (Å²) in [5.74, 6) is -1.46. The molecule has 2 aromatic rings. The smallest absolute Gasteiger partial charge is 0.343 e. The van der Waals surface area contributed by atoms with Crippen molar-refractivity contribution in [3.63, 3.8) is 0 Å². The fraction of sp³-hybridized carbons (Fsp3) is 0.0909. The van der Waals surface area contributed by atoms with Crippen molar-refractivity contribution < 1.29 is 14.8 Å². The van der Waals surface area contributed by atoms with E-state index in [0.29, 0.717) is 0 Å². The Balaban J connectivity index is 2.46. The normalized spacial score (nSPS) is 9.95. The summed E-state index contributed by atoms with van der Waals surface area (Å²) in [7, 11) is 0. The van der Waals surface area contributed by atoms with Crippen LogP contribution in [0.25, 0.3) is 0 Å². The standard InChI is InChI=1S/C11H7N5O4/c12-4-9-13-6-15(14-9)5-7-2-1-3-8(16(19)20)10(7)11(17)18/h1-3,6H,5H2,(H,17,18). The van der Waals surface area contributed by atoms with Crippen molar-refractivity contribution >= 4 is 11.7 Å². The molecule has 0 bridgehead atoms. The lowest BCUT2D eigenvalue weighted by Gasteiger charge is -2.06. The van der Waals surface area contributed by atoms with E-state index in [9.17, 15) is 14.9 Å². The molecular formula is C11H7N5O4. The SMILES string of the molecule is N#Cc1ncn(Cc2cccc([N+](=O)[O-])c2C(=O)O)n1. The summed E-state index contributed by atoms with van der Waals surface area (Å²) >= 11 is 0. The number of aromatic carboxylic acids is 1. The van der Waals surface area contributed by atoms with Crippen LogP contribution in [0.4, 0.5) is 5.69 Å². The van der Waals surface area contributed by atoms with Gasteiger partial charge in [-0.25, -0.2) is 14.5 Å². The maximum atomic E-state index is 11.2. The van der Waals surface area contributed by atoms with Gasteiger partial charge < -0.3 is 5.11 Å². The van der Waals surface area contributed by atoms with Crippen molar-refractivity contribution in [1.82, 2.24) is 14.8 Å². The number of carboxylic acid groups (broad SMARTS) is 1. The van der Waals surface area contributed by atoms with Crippen molar-refractivity contribution in [2.75, 3.05) is 0 Å². The minimum absolute atomic E-state index is 0.0298. The number of benzene rings is 1. The third-order valence-corrected chi connectivity index (χ3v) is 2.51. The highest BCUT2D eigenvalue weighted by Gasteiger charge is 2.23. The number of nitriles is 1. The van der Waals surface area contributed by atoms with E-state index < -0.39 is 22.1 Å². The lowest BCUT2D eigenvalue weighted by Crippen LogP contribution is -2.10. The largest absolute Gasteiger partial charge is 0.477 e. The zero-order valence-electron chi connectivity index (χ0n) is 9.92. The molecule has 0 saturated heterocycles. The van der Waals surface area contributed by atoms with Crippen molar-refractivity contribution in [1.29, 1.82) is 5.26 Å². The minimum Gasteiger partial charge on any atom is -0.477 e. The quantitative estimate of drug-likeness (QED) is 0.642. The maximum Gasteiger partial charge on any atom is 0.343 e. The number of nitro groups is 1. The zero-order valence-corrected chi connectivity index (χ0v) is 9.92. The molecule has 1 N–H and O–H groups in total. The second kappa shape index (κ2) is 5.15. The first-order valence-electron chi connectivity index (χ1n) is 5.32. The van der Waals surface area contributed by atoms with Crippen LogP contribution in [0.15, 0.2) is 24.5 Å². The maximum absolute atomic E-state index is 11.2. The zero-order chi connectivity index (χ0) is 14.7. The van der Waals surface area contributed by atoms with Gasteiger partial charge >= 0.3 is 5.97 Å². The summed E-state index contributed by atoms with van der Waals surface area (Å²) in [5, 5.41) is 32.4. The summed E-state index contributed by atoms with van der Waals surface area (Å²) in [6, 6.07) is 5.69. The second-order valence-corrected chi connectivity index (χ2v) is 3.75. The number of hydrogen-bond donors (Lipinski definition) is 1. The van der Waals surface area contributed by atoms with E-state index in [1.54, 1.807) is 6.07 Å². The van der Waals surface area contributed by atoms with Crippen LogP contribution < -0.4 is 0 Å². The van der Waals surface area contributed by atoms with Gasteiger partial charge in [0, 0.05) is 6.07 Å². The topological polar surface area (TPSA) is 135 Å². The number of nitro benzene ring substituents is 1. The molecule has 0 fully saturated rings. The van der Waals surface area contributed by atoms with Gasteiger partial charge in [-0.2, -0.15) is 5.26 Å². The predicted molar refractivity (Wildman–Crippen MR) is 63.9 cm³/mol. The Labute approximate surface area is 111 Å². The van der Waals surface area contributed by atoms with Gasteiger partial charge in [0.1, 0.15) is 18.0 Å². The molecule has 9 heteroatoms. The number of rotatable bonds is 4. The van der Waals surface area contributed by atoms with Crippen molar-refractivity contribution in [2.24, 2.45) is 0 Å². The highest BCUT2D eigenvalue weighted by molar-refractivity contribution is 5.94. The van der Waals surface area contributed by atoms with E-state index >= 15 is 0 Å². The van der Waals surface area contributed by atoms with Crippen LogP contribution in [0, 0.1) is 21.4 Å². The lowest BCUT2D eigenvalue weighted by molar-refractivity contribution is -0.385. The van der Waals surface area contributed by atoms with Gasteiger partial charge in [-0.1, -0.05) is 12.1 Å². The Hall–Kier alpha value is -3.28. The van der Waals surface area contributed by atoms with E-state index in [1.807, 2.05) is 0 Å². The number of hydrogen-bond acceptors (Lipinski definition) is 6. The first kappa shape index (κ1) is 13.2. The summed E-state index contributed by atoms with van der Waals surface area (Å²) in [6.45, 7) is -0.0298. The minimum atomic E-state index is -1.40. The molecule has 1 heterocycles. The number of carbonyl (C=O) groups is 1. The second-order valence-electron chi connectivity index (χ2n) is 3.75. The van der Waals surface area contributed by atoms with Crippen LogP contribution in [0.1, 0.15) is 21.7 Å². The lowest BCUT2D eigenvalue weighted by atomic mass is 10.1. The molecule has 9 nitrogen and oxygen atoms in total. The summed E-state index contributed by atoms with van der Waals surface area (Å²) in [5.41, 5.74) is -0.678. The summed E-state index contributed by atoms with van der Waals surface area (Å²) in [6.07, 6.45) is 1.25. The molecule has 1 aromatic carbocycles. The molecule has 0 atom stereocenters. The molecule has 0 radical (unpaired) electrons. The fourth-order valence-electron chi connectivity index (χ4n) is 1.71. The highest BCUT2D eigenvalue weighted by atomic mass is 16.6. The number of carboxylic acids is 1. The van der Waals surface area contributed by atoms with Crippen LogP contribution in [-0.2, 0) is 6.54 Å². The van der Waals surface area contributed by atoms with Crippen LogP contribution in [0.5, 0.6) is 0 Å². The number of nitrogens with zero attached hydrogens (tertiary/aromatic N) is 5. The van der Waals surface area contributed by atoms with E-state index in [1.165, 1.54) is 23.1 Å². The van der Waals surface area contributed by atoms with Crippen molar-refractivity contribution in [3.05, 3.63) is 51.6 Å². The first-order chi connectivity index (χ1) is 9.52. The summed E-state index contributed by atoms with van der Waals surface area (Å²) in [4.78, 5) is 25.0. The molecule has 0 aliphatic heterocycles. The average Bonchev–Trinajstić information content (AvgIpc) is 2.85. The Morgan fingerprint density at radius 3 is 2.85 bits per heavy atom. The van der Waals surface area contributed by atoms with Crippen LogP contribution in [-0.4, -0.2) is 30.8 Å². The van der Waals surface area contributed by atoms with Gasteiger partial charge in [0.05, 0.1) is 11.5 Å². The molecule has 2 rings (SSSR count). The molecule has 20 heavy (non-hydrogen) atoms. The Morgan fingerprint density at radius 2 is 2.30 bits per heavy atom. The van der Waals surface area contributed by atoms with E-state index in [-0.39, 0.29) is 17.9 Å². The number of aromatic nitrogens is 3.